The Morgan fingerprint density at radius 2 is 1.83 bits per heavy atom. The summed E-state index contributed by atoms with van der Waals surface area (Å²) in [5.74, 6) is -0.361. The number of carbonyl (C=O) groups excluding carboxylic acids is 4. The number of anilines is 1. The molecule has 0 radical (unpaired) electrons. The molecule has 2 aliphatic heterocycles. The lowest BCUT2D eigenvalue weighted by Crippen LogP contribution is -2.54. The second-order valence-electron chi connectivity index (χ2n) is 9.00. The van der Waals surface area contributed by atoms with Crippen LogP contribution in [-0.2, 0) is 16.1 Å². The van der Waals surface area contributed by atoms with Crippen LogP contribution < -0.4 is 15.4 Å². The molecule has 2 N–H and O–H groups in total. The van der Waals surface area contributed by atoms with Gasteiger partial charge in [-0.2, -0.15) is 0 Å². The van der Waals surface area contributed by atoms with E-state index in [0.29, 0.717) is 23.4 Å². The van der Waals surface area contributed by atoms with Gasteiger partial charge in [-0.05, 0) is 55.7 Å². The van der Waals surface area contributed by atoms with E-state index in [1.54, 1.807) is 24.4 Å². The molecule has 1 saturated heterocycles. The van der Waals surface area contributed by atoms with Crippen LogP contribution in [0.3, 0.4) is 0 Å². The third-order valence-corrected chi connectivity index (χ3v) is 6.40. The summed E-state index contributed by atoms with van der Waals surface area (Å²) in [6.07, 6.45) is 4.29. The molecule has 36 heavy (non-hydrogen) atoms. The first-order valence-corrected chi connectivity index (χ1v) is 11.8. The third-order valence-electron chi connectivity index (χ3n) is 6.40. The van der Waals surface area contributed by atoms with Gasteiger partial charge < -0.3 is 14.5 Å². The Hall–Kier alpha value is -4.47. The van der Waals surface area contributed by atoms with Crippen molar-refractivity contribution in [2.24, 2.45) is 0 Å². The van der Waals surface area contributed by atoms with Crippen molar-refractivity contribution >= 4 is 29.3 Å². The van der Waals surface area contributed by atoms with Crippen LogP contribution in [0.5, 0.6) is 5.75 Å². The van der Waals surface area contributed by atoms with Gasteiger partial charge in [-0.3, -0.25) is 29.4 Å². The largest absolute Gasteiger partial charge is 0.490 e. The minimum absolute atomic E-state index is 0.0685. The summed E-state index contributed by atoms with van der Waals surface area (Å²) >= 11 is 0. The minimum Gasteiger partial charge on any atom is -0.490 e. The fourth-order valence-corrected chi connectivity index (χ4v) is 4.42. The Kier molecular flexibility index (Phi) is 5.28. The van der Waals surface area contributed by atoms with Crippen LogP contribution >= 0.6 is 0 Å². The van der Waals surface area contributed by atoms with Gasteiger partial charge in [0.25, 0.3) is 11.8 Å². The molecule has 3 aliphatic rings. The summed E-state index contributed by atoms with van der Waals surface area (Å²) in [7, 11) is 0. The lowest BCUT2D eigenvalue weighted by atomic mass is 10.0. The van der Waals surface area contributed by atoms with Crippen molar-refractivity contribution in [3.05, 3.63) is 65.5 Å². The number of benzene rings is 2. The van der Waals surface area contributed by atoms with Crippen molar-refractivity contribution in [1.82, 2.24) is 15.2 Å². The van der Waals surface area contributed by atoms with Gasteiger partial charge in [0, 0.05) is 17.7 Å². The molecule has 182 valence electrons. The second kappa shape index (κ2) is 8.63. The zero-order chi connectivity index (χ0) is 24.8. The summed E-state index contributed by atoms with van der Waals surface area (Å²) < 4.78 is 11.6. The molecule has 2 aromatic carbocycles. The average molecular weight is 486 g/mol. The molecule has 1 unspecified atom stereocenters. The molecule has 0 spiro atoms. The number of oxazole rings is 1. The Morgan fingerprint density at radius 3 is 2.58 bits per heavy atom. The van der Waals surface area contributed by atoms with Crippen LogP contribution in [0.1, 0.15) is 52.2 Å². The van der Waals surface area contributed by atoms with E-state index in [4.69, 9.17) is 9.15 Å². The molecule has 2 fully saturated rings. The number of piperidine rings is 1. The van der Waals surface area contributed by atoms with Gasteiger partial charge in [0.2, 0.25) is 17.7 Å². The van der Waals surface area contributed by atoms with E-state index in [2.05, 4.69) is 15.6 Å². The molecule has 0 bridgehead atoms. The van der Waals surface area contributed by atoms with Gasteiger partial charge in [-0.15, -0.1) is 0 Å². The SMILES string of the molecule is O=C1CCC(N2C(=O)c3cccc(NCc4cnc(-c5ccc(OC6CC6)cc5)o4)c3C2=O)C(=O)N1. The summed E-state index contributed by atoms with van der Waals surface area (Å²) in [6.45, 7) is 0.228. The highest BCUT2D eigenvalue weighted by molar-refractivity contribution is 6.25. The third kappa shape index (κ3) is 4.00. The molecule has 3 heterocycles. The summed E-state index contributed by atoms with van der Waals surface area (Å²) in [6, 6.07) is 11.4. The standard InChI is InChI=1S/C26H22N4O6/c31-21-11-10-20(23(32)29-21)30-25(33)18-2-1-3-19(22(18)26(30)34)27-12-17-13-28-24(36-17)14-4-6-15(7-5-14)35-16-8-9-16/h1-7,13,16,20,27H,8-12H2,(H,29,31,32). The number of rotatable bonds is 7. The molecule has 3 aromatic rings. The van der Waals surface area contributed by atoms with Crippen molar-refractivity contribution < 1.29 is 28.3 Å². The van der Waals surface area contributed by atoms with E-state index >= 15 is 0 Å². The highest BCUT2D eigenvalue weighted by Crippen LogP contribution is 2.33. The van der Waals surface area contributed by atoms with Crippen LogP contribution in [0.15, 0.2) is 53.1 Å². The van der Waals surface area contributed by atoms with Crippen LogP contribution in [0, 0.1) is 0 Å². The quantitative estimate of drug-likeness (QED) is 0.488. The first-order valence-electron chi connectivity index (χ1n) is 11.8. The zero-order valence-corrected chi connectivity index (χ0v) is 19.2. The van der Waals surface area contributed by atoms with Gasteiger partial charge in [0.05, 0.1) is 30.0 Å². The van der Waals surface area contributed by atoms with Crippen molar-refractivity contribution in [2.45, 2.75) is 44.4 Å². The first kappa shape index (κ1) is 22.0. The van der Waals surface area contributed by atoms with Crippen molar-refractivity contribution in [3.8, 4) is 17.2 Å². The number of carbonyl (C=O) groups is 4. The maximum Gasteiger partial charge on any atom is 0.264 e. The minimum atomic E-state index is -1.01. The van der Waals surface area contributed by atoms with Crippen molar-refractivity contribution in [3.63, 3.8) is 0 Å². The van der Waals surface area contributed by atoms with Gasteiger partial charge in [0.1, 0.15) is 17.6 Å². The molecule has 1 aliphatic carbocycles. The fourth-order valence-electron chi connectivity index (χ4n) is 4.42. The molecule has 10 nitrogen and oxygen atoms in total. The van der Waals surface area contributed by atoms with E-state index in [1.165, 1.54) is 0 Å². The lowest BCUT2D eigenvalue weighted by Gasteiger charge is -2.27. The predicted molar refractivity (Wildman–Crippen MR) is 126 cm³/mol. The number of nitrogens with one attached hydrogen (secondary N) is 2. The molecule has 4 amide bonds. The highest BCUT2D eigenvalue weighted by atomic mass is 16.5. The van der Waals surface area contributed by atoms with E-state index < -0.39 is 29.7 Å². The van der Waals surface area contributed by atoms with Crippen molar-refractivity contribution in [2.75, 3.05) is 5.32 Å². The number of fused-ring (bicyclic) bond motifs is 1. The Morgan fingerprint density at radius 1 is 1.03 bits per heavy atom. The van der Waals surface area contributed by atoms with Gasteiger partial charge in [0.15, 0.2) is 0 Å². The normalized spacial score (nSPS) is 19.3. The highest BCUT2D eigenvalue weighted by Gasteiger charge is 2.45. The fraction of sp³-hybridized carbons (Fsp3) is 0.269. The van der Waals surface area contributed by atoms with E-state index in [-0.39, 0.29) is 30.5 Å². The Bertz CT molecular complexity index is 1390. The average Bonchev–Trinajstić information content (AvgIpc) is 3.49. The number of aromatic nitrogens is 1. The Balaban J connectivity index is 1.16. The molecule has 1 atom stereocenters. The van der Waals surface area contributed by atoms with Crippen molar-refractivity contribution in [1.29, 1.82) is 0 Å². The number of hydrogen-bond acceptors (Lipinski definition) is 8. The van der Waals surface area contributed by atoms with E-state index in [9.17, 15) is 19.2 Å². The number of amides is 4. The van der Waals surface area contributed by atoms with Crippen LogP contribution in [-0.4, -0.2) is 45.7 Å². The lowest BCUT2D eigenvalue weighted by molar-refractivity contribution is -0.136. The summed E-state index contributed by atoms with van der Waals surface area (Å²) in [5, 5.41) is 5.35. The second-order valence-corrected chi connectivity index (χ2v) is 9.00. The van der Waals surface area contributed by atoms with E-state index in [0.717, 1.165) is 29.1 Å². The maximum absolute atomic E-state index is 13.2. The number of ether oxygens (including phenoxy) is 1. The van der Waals surface area contributed by atoms with E-state index in [1.807, 2.05) is 24.3 Å². The van der Waals surface area contributed by atoms with Crippen LogP contribution in [0.25, 0.3) is 11.5 Å². The molecule has 1 aromatic heterocycles. The summed E-state index contributed by atoms with van der Waals surface area (Å²) in [4.78, 5) is 55.3. The molecular formula is C26H22N4O6. The predicted octanol–water partition coefficient (Wildman–Crippen LogP) is 2.90. The van der Waals surface area contributed by atoms with Crippen LogP contribution in [0.2, 0.25) is 0 Å². The topological polar surface area (TPSA) is 131 Å². The van der Waals surface area contributed by atoms with Gasteiger partial charge in [-0.25, -0.2) is 4.98 Å². The molecule has 6 rings (SSSR count). The monoisotopic (exact) mass is 486 g/mol. The number of imide groups is 2. The smallest absolute Gasteiger partial charge is 0.264 e. The molecule has 1 saturated carbocycles. The number of hydrogen-bond donors (Lipinski definition) is 2. The zero-order valence-electron chi connectivity index (χ0n) is 19.2. The van der Waals surface area contributed by atoms with Crippen LogP contribution in [0.4, 0.5) is 5.69 Å². The molecular weight excluding hydrogens is 464 g/mol. The van der Waals surface area contributed by atoms with Gasteiger partial charge >= 0.3 is 0 Å². The first-order chi connectivity index (χ1) is 17.5. The number of nitrogens with zero attached hydrogens (tertiary/aromatic N) is 2. The Labute approximate surface area is 205 Å². The van der Waals surface area contributed by atoms with Gasteiger partial charge in [-0.1, -0.05) is 6.07 Å². The maximum atomic E-state index is 13.2. The summed E-state index contributed by atoms with van der Waals surface area (Å²) in [5.41, 5.74) is 1.66. The molecule has 10 heteroatoms.